The smallest absolute Gasteiger partial charge is 0.356 e. The lowest BCUT2D eigenvalue weighted by molar-refractivity contribution is -0.154. The number of aldehydes is 1. The van der Waals surface area contributed by atoms with E-state index in [4.69, 9.17) is 14.6 Å². The molecule has 3 heterocycles. The molecule has 14 heteroatoms. The molecule has 0 saturated carbocycles. The fourth-order valence-corrected chi connectivity index (χ4v) is 10.3. The number of fused-ring (bicyclic) bond motifs is 1. The number of alkyl halides is 1. The number of thioether (sulfide) groups is 1. The van der Waals surface area contributed by atoms with Crippen LogP contribution in [0.2, 0.25) is 0 Å². The molecule has 3 atom stereocenters. The standard InChI is InChI=1S/C47H38BrN5O6S2/c1-58-52-38(37-29-61-46(49-37)51-47(32-21-11-4-12-22-32,33-23-13-5-14-24-33)34-25-15-6-16-26-34)42(55)50-39-43(56)53-40(35(36(48)27-54)28-60-44(39)53)45(57)59-41(30-17-7-2-8-18-30)31-19-9-3-10-20-31/h2-27,29,36,39,41,44H,28H2,1H3,(H,49,51)(H,50,55). The third kappa shape index (κ3) is 8.26. The number of esters is 1. The van der Waals surface area contributed by atoms with Crippen LogP contribution in [0.1, 0.15) is 39.6 Å². The highest BCUT2D eigenvalue weighted by atomic mass is 79.9. The predicted molar refractivity (Wildman–Crippen MR) is 240 cm³/mol. The molecule has 2 N–H and O–H groups in total. The minimum absolute atomic E-state index is 0.0372. The minimum Gasteiger partial charge on any atom is -0.448 e. The van der Waals surface area contributed by atoms with Gasteiger partial charge in [0.05, 0.1) is 4.83 Å². The van der Waals surface area contributed by atoms with E-state index in [1.54, 1.807) is 5.38 Å². The first-order valence-electron chi connectivity index (χ1n) is 19.2. The maximum Gasteiger partial charge on any atom is 0.356 e. The largest absolute Gasteiger partial charge is 0.448 e. The number of oxime groups is 1. The van der Waals surface area contributed by atoms with Crippen molar-refractivity contribution in [3.8, 4) is 0 Å². The summed E-state index contributed by atoms with van der Waals surface area (Å²) in [6, 6.07) is 47.7. The highest BCUT2D eigenvalue weighted by molar-refractivity contribution is 9.10. The van der Waals surface area contributed by atoms with Crippen LogP contribution in [0.5, 0.6) is 0 Å². The first-order valence-corrected chi connectivity index (χ1v) is 22.1. The average molecular weight is 913 g/mol. The average Bonchev–Trinajstić information content (AvgIpc) is 3.79. The highest BCUT2D eigenvalue weighted by Crippen LogP contribution is 2.44. The number of aromatic nitrogens is 1. The number of nitrogens with one attached hydrogen (secondary N) is 2. The first kappa shape index (κ1) is 41.4. The second kappa shape index (κ2) is 18.5. The number of ether oxygens (including phenoxy) is 1. The molecule has 0 bridgehead atoms. The second-order valence-corrected chi connectivity index (χ2v) is 17.0. The molecule has 2 aliphatic rings. The molecule has 0 radical (unpaired) electrons. The zero-order valence-corrected chi connectivity index (χ0v) is 35.8. The molecule has 1 saturated heterocycles. The number of amides is 2. The summed E-state index contributed by atoms with van der Waals surface area (Å²) < 4.78 is 6.18. The molecule has 1 aromatic heterocycles. The van der Waals surface area contributed by atoms with E-state index in [0.29, 0.717) is 17.0 Å². The number of halogens is 1. The van der Waals surface area contributed by atoms with Crippen molar-refractivity contribution in [3.05, 3.63) is 202 Å². The van der Waals surface area contributed by atoms with Gasteiger partial charge in [-0.1, -0.05) is 173 Å². The van der Waals surface area contributed by atoms with Crippen LogP contribution in [-0.2, 0) is 34.3 Å². The number of benzene rings is 5. The van der Waals surface area contributed by atoms with Crippen molar-refractivity contribution in [3.63, 3.8) is 0 Å². The van der Waals surface area contributed by atoms with E-state index in [1.165, 1.54) is 35.1 Å². The normalized spacial score (nSPS) is 16.9. The Morgan fingerprint density at radius 1 is 0.836 bits per heavy atom. The number of thiazole rings is 1. The molecule has 3 unspecified atom stereocenters. The van der Waals surface area contributed by atoms with Crippen LogP contribution >= 0.6 is 39.0 Å². The molecular weight excluding hydrogens is 875 g/mol. The van der Waals surface area contributed by atoms with Crippen molar-refractivity contribution in [1.82, 2.24) is 15.2 Å². The van der Waals surface area contributed by atoms with Crippen molar-refractivity contribution >= 4 is 73.9 Å². The number of hydrogen-bond donors (Lipinski definition) is 2. The van der Waals surface area contributed by atoms with Crippen LogP contribution in [0.15, 0.2) is 173 Å². The minimum atomic E-state index is -1.04. The quantitative estimate of drug-likeness (QED) is 0.0201. The van der Waals surface area contributed by atoms with Crippen molar-refractivity contribution in [2.45, 2.75) is 27.9 Å². The second-order valence-electron chi connectivity index (χ2n) is 14.0. The monoisotopic (exact) mass is 911 g/mol. The molecule has 0 spiro atoms. The number of hydrogen-bond acceptors (Lipinski definition) is 11. The summed E-state index contributed by atoms with van der Waals surface area (Å²) in [7, 11) is 1.32. The Kier molecular flexibility index (Phi) is 12.6. The van der Waals surface area contributed by atoms with Gasteiger partial charge in [-0.25, -0.2) is 9.78 Å². The summed E-state index contributed by atoms with van der Waals surface area (Å²) in [5.41, 5.74) is 3.94. The zero-order chi connectivity index (χ0) is 42.3. The summed E-state index contributed by atoms with van der Waals surface area (Å²) in [5.74, 6) is -1.81. The van der Waals surface area contributed by atoms with Crippen molar-refractivity contribution in [2.75, 3.05) is 18.2 Å². The fraction of sp³-hybridized carbons (Fsp3) is 0.149. The Hall–Kier alpha value is -6.35. The Balaban J connectivity index is 1.05. The summed E-state index contributed by atoms with van der Waals surface area (Å²) >= 11 is 5.98. The SMILES string of the molecule is CON=C(C(=O)NC1C(=O)N2C(C(=O)OC(c3ccccc3)c3ccccc3)=C(C(Br)C=O)CSC12)c1csc(NC(c2ccccc2)(c2ccccc2)c2ccccc2)n1. The van der Waals surface area contributed by atoms with E-state index in [2.05, 4.69) is 68.1 Å². The summed E-state index contributed by atoms with van der Waals surface area (Å²) in [6.07, 6.45) is -0.135. The third-order valence-electron chi connectivity index (χ3n) is 10.4. The fourth-order valence-electron chi connectivity index (χ4n) is 7.56. The van der Waals surface area contributed by atoms with Gasteiger partial charge in [0.25, 0.3) is 11.8 Å². The molecule has 2 aliphatic heterocycles. The van der Waals surface area contributed by atoms with Gasteiger partial charge < -0.3 is 25.0 Å². The number of rotatable bonds is 15. The molecule has 2 amide bonds. The van der Waals surface area contributed by atoms with Crippen molar-refractivity contribution in [1.29, 1.82) is 0 Å². The molecular formula is C47H38BrN5O6S2. The van der Waals surface area contributed by atoms with Crippen LogP contribution in [0, 0.1) is 0 Å². The maximum atomic E-state index is 14.2. The van der Waals surface area contributed by atoms with E-state index in [9.17, 15) is 19.2 Å². The van der Waals surface area contributed by atoms with Gasteiger partial charge in [-0.15, -0.1) is 23.1 Å². The molecule has 5 aromatic carbocycles. The molecule has 11 nitrogen and oxygen atoms in total. The van der Waals surface area contributed by atoms with Gasteiger partial charge in [-0.3, -0.25) is 14.5 Å². The van der Waals surface area contributed by atoms with E-state index in [-0.39, 0.29) is 22.9 Å². The lowest BCUT2D eigenvalue weighted by atomic mass is 9.77. The molecule has 1 fully saturated rings. The van der Waals surface area contributed by atoms with Gasteiger partial charge in [0.15, 0.2) is 16.9 Å². The number of carbonyl (C=O) groups excluding carboxylic acids is 4. The van der Waals surface area contributed by atoms with Crippen LogP contribution < -0.4 is 10.6 Å². The Morgan fingerprint density at radius 3 is 1.84 bits per heavy atom. The van der Waals surface area contributed by atoms with Gasteiger partial charge in [0.2, 0.25) is 0 Å². The summed E-state index contributed by atoms with van der Waals surface area (Å²) in [5, 5.41) is 12.1. The third-order valence-corrected chi connectivity index (χ3v) is 13.2. The summed E-state index contributed by atoms with van der Waals surface area (Å²) in [4.78, 5) is 64.9. The molecule has 8 rings (SSSR count). The van der Waals surface area contributed by atoms with E-state index < -0.39 is 45.7 Å². The predicted octanol–water partition coefficient (Wildman–Crippen LogP) is 7.85. The van der Waals surface area contributed by atoms with Crippen LogP contribution in [-0.4, -0.2) is 68.8 Å². The van der Waals surface area contributed by atoms with Crippen LogP contribution in [0.3, 0.4) is 0 Å². The molecule has 61 heavy (non-hydrogen) atoms. The van der Waals surface area contributed by atoms with Gasteiger partial charge in [0.1, 0.15) is 41.7 Å². The van der Waals surface area contributed by atoms with E-state index >= 15 is 0 Å². The number of carbonyl (C=O) groups is 4. The number of anilines is 1. The Morgan fingerprint density at radius 2 is 1.34 bits per heavy atom. The van der Waals surface area contributed by atoms with Gasteiger partial charge in [-0.05, 0) is 33.4 Å². The molecule has 306 valence electrons. The summed E-state index contributed by atoms with van der Waals surface area (Å²) in [6.45, 7) is 0. The highest BCUT2D eigenvalue weighted by Gasteiger charge is 2.55. The number of nitrogens with zero attached hydrogens (tertiary/aromatic N) is 3. The van der Waals surface area contributed by atoms with Crippen molar-refractivity contribution in [2.24, 2.45) is 5.16 Å². The lowest BCUT2D eigenvalue weighted by Crippen LogP contribution is -2.71. The van der Waals surface area contributed by atoms with Gasteiger partial charge in [0, 0.05) is 11.1 Å². The topological polar surface area (TPSA) is 139 Å². The maximum absolute atomic E-state index is 14.2. The first-order chi connectivity index (χ1) is 29.8. The van der Waals surface area contributed by atoms with E-state index in [0.717, 1.165) is 27.8 Å². The zero-order valence-electron chi connectivity index (χ0n) is 32.6. The number of β-lactam (4-membered cyclic amide) rings is 1. The van der Waals surface area contributed by atoms with Crippen molar-refractivity contribution < 1.29 is 28.8 Å². The lowest BCUT2D eigenvalue weighted by Gasteiger charge is -2.50. The van der Waals surface area contributed by atoms with E-state index in [1.807, 2.05) is 115 Å². The van der Waals surface area contributed by atoms with Crippen LogP contribution in [0.4, 0.5) is 5.13 Å². The van der Waals surface area contributed by atoms with Gasteiger partial charge in [-0.2, -0.15) is 0 Å². The Labute approximate surface area is 369 Å². The molecule has 6 aromatic rings. The Bertz CT molecular complexity index is 2440. The molecule has 0 aliphatic carbocycles. The van der Waals surface area contributed by atoms with Gasteiger partial charge >= 0.3 is 5.97 Å². The van der Waals surface area contributed by atoms with Crippen LogP contribution in [0.25, 0.3) is 0 Å².